The lowest BCUT2D eigenvalue weighted by Gasteiger charge is -2.29. The van der Waals surface area contributed by atoms with Crippen molar-refractivity contribution in [1.82, 2.24) is 0 Å². The number of carbonyl (C=O) groups excluding carboxylic acids is 2. The summed E-state index contributed by atoms with van der Waals surface area (Å²) >= 11 is 0. The summed E-state index contributed by atoms with van der Waals surface area (Å²) in [5, 5.41) is 0. The van der Waals surface area contributed by atoms with Crippen molar-refractivity contribution in [2.45, 2.75) is 52.7 Å². The number of benzene rings is 1. The lowest BCUT2D eigenvalue weighted by atomic mass is 10.1. The molecule has 0 saturated carbocycles. The number of rotatable bonds is 2. The molecular formula is C20H25NO5. The van der Waals surface area contributed by atoms with E-state index in [4.69, 9.17) is 13.9 Å². The summed E-state index contributed by atoms with van der Waals surface area (Å²) in [4.78, 5) is 26.5. The van der Waals surface area contributed by atoms with Crippen LogP contribution >= 0.6 is 0 Å². The van der Waals surface area contributed by atoms with Gasteiger partial charge in [0.15, 0.2) is 0 Å². The molecule has 0 spiro atoms. The highest BCUT2D eigenvalue weighted by Crippen LogP contribution is 2.33. The minimum Gasteiger partial charge on any atom is -0.464 e. The minimum absolute atomic E-state index is 0.325. The van der Waals surface area contributed by atoms with Crippen molar-refractivity contribution in [3.05, 3.63) is 42.7 Å². The molecule has 26 heavy (non-hydrogen) atoms. The molecule has 0 aliphatic heterocycles. The molecule has 2 amide bonds. The molecule has 2 rings (SSSR count). The predicted octanol–water partition coefficient (Wildman–Crippen LogP) is 5.62. The maximum atomic E-state index is 12.8. The van der Waals surface area contributed by atoms with Crippen molar-refractivity contribution in [3.63, 3.8) is 0 Å². The molecule has 1 aromatic carbocycles. The van der Waals surface area contributed by atoms with Gasteiger partial charge in [-0.2, -0.15) is 4.90 Å². The first-order valence-corrected chi connectivity index (χ1v) is 8.37. The number of imide groups is 1. The monoisotopic (exact) mass is 359 g/mol. The second-order valence-corrected chi connectivity index (χ2v) is 7.79. The Morgan fingerprint density at radius 2 is 1.38 bits per heavy atom. The topological polar surface area (TPSA) is 69.0 Å². The van der Waals surface area contributed by atoms with Gasteiger partial charge in [-0.3, -0.25) is 0 Å². The van der Waals surface area contributed by atoms with Crippen LogP contribution in [0.3, 0.4) is 0 Å². The normalized spacial score (nSPS) is 11.8. The fourth-order valence-corrected chi connectivity index (χ4v) is 2.20. The van der Waals surface area contributed by atoms with Gasteiger partial charge in [-0.1, -0.05) is 12.1 Å². The van der Waals surface area contributed by atoms with Crippen LogP contribution in [0.25, 0.3) is 11.3 Å². The average Bonchev–Trinajstić information content (AvgIpc) is 2.98. The van der Waals surface area contributed by atoms with E-state index in [1.807, 2.05) is 0 Å². The van der Waals surface area contributed by atoms with E-state index in [0.717, 1.165) is 4.90 Å². The molecule has 0 unspecified atom stereocenters. The first-order chi connectivity index (χ1) is 12.0. The van der Waals surface area contributed by atoms with Gasteiger partial charge >= 0.3 is 12.2 Å². The number of para-hydroxylation sites is 1. The summed E-state index contributed by atoms with van der Waals surface area (Å²) in [6.45, 7) is 10.4. The van der Waals surface area contributed by atoms with E-state index in [9.17, 15) is 9.59 Å². The smallest absolute Gasteiger partial charge is 0.424 e. The Balaban J connectivity index is 2.51. The highest BCUT2D eigenvalue weighted by Gasteiger charge is 2.34. The van der Waals surface area contributed by atoms with Crippen LogP contribution in [0.5, 0.6) is 0 Å². The Kier molecular flexibility index (Phi) is 5.44. The van der Waals surface area contributed by atoms with Crippen LogP contribution in [-0.4, -0.2) is 23.4 Å². The second kappa shape index (κ2) is 7.23. The van der Waals surface area contributed by atoms with Gasteiger partial charge in [0.05, 0.1) is 12.0 Å². The van der Waals surface area contributed by atoms with Crippen LogP contribution in [0.2, 0.25) is 0 Å². The molecule has 1 aromatic heterocycles. The van der Waals surface area contributed by atoms with Gasteiger partial charge < -0.3 is 13.9 Å². The van der Waals surface area contributed by atoms with Gasteiger partial charge in [-0.05, 0) is 65.8 Å². The average molecular weight is 359 g/mol. The summed E-state index contributed by atoms with van der Waals surface area (Å²) in [5.74, 6) is 0.526. The van der Waals surface area contributed by atoms with Crippen LogP contribution in [0, 0.1) is 0 Å². The highest BCUT2D eigenvalue weighted by molar-refractivity contribution is 6.11. The van der Waals surface area contributed by atoms with E-state index >= 15 is 0 Å². The summed E-state index contributed by atoms with van der Waals surface area (Å²) in [6, 6.07) is 10.4. The fourth-order valence-electron chi connectivity index (χ4n) is 2.20. The van der Waals surface area contributed by atoms with E-state index in [-0.39, 0.29) is 0 Å². The lowest BCUT2D eigenvalue weighted by Crippen LogP contribution is -2.44. The first-order valence-electron chi connectivity index (χ1n) is 8.37. The Morgan fingerprint density at radius 3 is 1.85 bits per heavy atom. The van der Waals surface area contributed by atoms with Crippen molar-refractivity contribution in [3.8, 4) is 11.3 Å². The molecule has 6 heteroatoms. The molecule has 0 saturated heterocycles. The standard InChI is InChI=1S/C20H25NO5/c1-19(2,3)25-17(22)21(18(23)26-20(4,5)6)15-11-8-7-10-14(15)16-12-9-13-24-16/h7-13H,1-6H3. The van der Waals surface area contributed by atoms with Crippen LogP contribution in [0.15, 0.2) is 47.1 Å². The Labute approximate surface area is 153 Å². The minimum atomic E-state index is -0.814. The van der Waals surface area contributed by atoms with Crippen molar-refractivity contribution in [1.29, 1.82) is 0 Å². The van der Waals surface area contributed by atoms with E-state index in [1.54, 1.807) is 77.9 Å². The Morgan fingerprint density at radius 1 is 0.846 bits per heavy atom. The quantitative estimate of drug-likeness (QED) is 0.696. The SMILES string of the molecule is CC(C)(C)OC(=O)N(C(=O)OC(C)(C)C)c1ccccc1-c1ccco1. The summed E-state index contributed by atoms with van der Waals surface area (Å²) < 4.78 is 16.3. The third kappa shape index (κ3) is 5.12. The molecule has 0 bridgehead atoms. The third-order valence-corrected chi connectivity index (χ3v) is 3.08. The molecule has 0 aliphatic carbocycles. The predicted molar refractivity (Wildman–Crippen MR) is 99.1 cm³/mol. The van der Waals surface area contributed by atoms with E-state index in [1.165, 1.54) is 6.26 Å². The number of hydrogen-bond acceptors (Lipinski definition) is 5. The molecule has 2 aromatic rings. The molecule has 0 N–H and O–H groups in total. The molecule has 0 aliphatic rings. The van der Waals surface area contributed by atoms with Gasteiger partial charge in [-0.25, -0.2) is 9.59 Å². The van der Waals surface area contributed by atoms with Crippen LogP contribution in [0.4, 0.5) is 15.3 Å². The van der Waals surface area contributed by atoms with Crippen molar-refractivity contribution < 1.29 is 23.5 Å². The highest BCUT2D eigenvalue weighted by atomic mass is 16.6. The van der Waals surface area contributed by atoms with Gasteiger partial charge in [0.1, 0.15) is 17.0 Å². The number of amides is 2. The summed E-state index contributed by atoms with van der Waals surface area (Å²) in [7, 11) is 0. The van der Waals surface area contributed by atoms with Crippen LogP contribution in [-0.2, 0) is 9.47 Å². The Bertz CT molecular complexity index is 738. The van der Waals surface area contributed by atoms with E-state index < -0.39 is 23.4 Å². The molecule has 1 heterocycles. The molecular weight excluding hydrogens is 334 g/mol. The van der Waals surface area contributed by atoms with Crippen molar-refractivity contribution in [2.75, 3.05) is 4.90 Å². The number of anilines is 1. The van der Waals surface area contributed by atoms with Crippen LogP contribution < -0.4 is 4.90 Å². The van der Waals surface area contributed by atoms with Gasteiger partial charge in [0.25, 0.3) is 0 Å². The van der Waals surface area contributed by atoms with Crippen LogP contribution in [0.1, 0.15) is 41.5 Å². The summed E-state index contributed by atoms with van der Waals surface area (Å²) in [5.41, 5.74) is -0.631. The first kappa shape index (κ1) is 19.6. The van der Waals surface area contributed by atoms with Crippen molar-refractivity contribution in [2.24, 2.45) is 0 Å². The number of nitrogens with zero attached hydrogens (tertiary/aromatic N) is 1. The van der Waals surface area contributed by atoms with Gasteiger partial charge in [0, 0.05) is 5.56 Å². The Hall–Kier alpha value is -2.76. The molecule has 0 fully saturated rings. The van der Waals surface area contributed by atoms with E-state index in [0.29, 0.717) is 17.0 Å². The molecule has 140 valence electrons. The molecule has 0 radical (unpaired) electrons. The number of ether oxygens (including phenoxy) is 2. The third-order valence-electron chi connectivity index (χ3n) is 3.08. The maximum absolute atomic E-state index is 12.8. The second-order valence-electron chi connectivity index (χ2n) is 7.79. The summed E-state index contributed by atoms with van der Waals surface area (Å²) in [6.07, 6.45) is -0.103. The zero-order chi connectivity index (χ0) is 19.5. The zero-order valence-corrected chi connectivity index (χ0v) is 16.0. The largest absolute Gasteiger partial charge is 0.464 e. The number of carbonyl (C=O) groups is 2. The van der Waals surface area contributed by atoms with E-state index in [2.05, 4.69) is 0 Å². The maximum Gasteiger partial charge on any atom is 0.424 e. The van der Waals surface area contributed by atoms with Gasteiger partial charge in [-0.15, -0.1) is 0 Å². The molecule has 6 nitrogen and oxygen atoms in total. The number of furan rings is 1. The fraction of sp³-hybridized carbons (Fsp3) is 0.400. The van der Waals surface area contributed by atoms with Gasteiger partial charge in [0.2, 0.25) is 0 Å². The lowest BCUT2D eigenvalue weighted by molar-refractivity contribution is 0.0431. The molecule has 0 atom stereocenters. The zero-order valence-electron chi connectivity index (χ0n) is 16.0. The van der Waals surface area contributed by atoms with Crippen molar-refractivity contribution >= 4 is 17.9 Å². The number of hydrogen-bond donors (Lipinski definition) is 0.